The number of allylic oxidation sites excluding steroid dienone is 1. The van der Waals surface area contributed by atoms with Gasteiger partial charge in [-0.05, 0) is 6.92 Å². The van der Waals surface area contributed by atoms with Gasteiger partial charge in [-0.25, -0.2) is 9.18 Å². The average Bonchev–Trinajstić information content (AvgIpc) is 3.41. The first kappa shape index (κ1) is 27.6. The Kier molecular flexibility index (Phi) is 6.72. The first-order valence-corrected chi connectivity index (χ1v) is 13.8. The predicted molar refractivity (Wildman–Crippen MR) is 135 cm³/mol. The largest absolute Gasteiger partial charge is 0.461 e. The monoisotopic (exact) mass is 563 g/mol. The van der Waals surface area contributed by atoms with Crippen LogP contribution in [0.4, 0.5) is 8.78 Å². The Labute approximate surface area is 230 Å². The van der Waals surface area contributed by atoms with Gasteiger partial charge in [0.15, 0.2) is 5.82 Å². The topological polar surface area (TPSA) is 116 Å². The van der Waals surface area contributed by atoms with Crippen molar-refractivity contribution in [1.29, 1.82) is 0 Å². The van der Waals surface area contributed by atoms with Gasteiger partial charge < -0.3 is 33.8 Å². The van der Waals surface area contributed by atoms with E-state index in [9.17, 15) is 23.5 Å². The molecule has 2 N–H and O–H groups in total. The third kappa shape index (κ3) is 3.57. The summed E-state index contributed by atoms with van der Waals surface area (Å²) in [5, 5.41) is 11.6. The molecule has 2 saturated carbocycles. The minimum absolute atomic E-state index is 0.0898. The fraction of sp³-hybridized carbons (Fsp3) is 0.655. The summed E-state index contributed by atoms with van der Waals surface area (Å²) in [5.41, 5.74) is -0.827. The Morgan fingerprint density at radius 3 is 2.70 bits per heavy atom. The van der Waals surface area contributed by atoms with E-state index in [1.807, 2.05) is 31.0 Å². The lowest BCUT2D eigenvalue weighted by Crippen LogP contribution is -2.88. The zero-order valence-electron chi connectivity index (χ0n) is 22.9. The highest BCUT2D eigenvalue weighted by Gasteiger charge is 2.87. The van der Waals surface area contributed by atoms with Gasteiger partial charge in [-0.3, -0.25) is 4.79 Å². The molecule has 2 spiro atoms. The van der Waals surface area contributed by atoms with E-state index in [1.165, 1.54) is 0 Å². The molecule has 0 radical (unpaired) electrons. The molecule has 1 aromatic heterocycles. The quantitative estimate of drug-likeness (QED) is 0.384. The molecule has 3 aliphatic carbocycles. The van der Waals surface area contributed by atoms with Crippen molar-refractivity contribution in [3.8, 4) is 0 Å². The average molecular weight is 564 g/mol. The highest BCUT2D eigenvalue weighted by Crippen LogP contribution is 2.80. The molecule has 1 saturated heterocycles. The molecule has 40 heavy (non-hydrogen) atoms. The number of aromatic amines is 1. The number of hydrogen-bond donors (Lipinski definition) is 2. The van der Waals surface area contributed by atoms with Crippen molar-refractivity contribution >= 4 is 11.9 Å². The minimum Gasteiger partial charge on any atom is -0.461 e. The molecule has 0 aromatic carbocycles. The van der Waals surface area contributed by atoms with Gasteiger partial charge in [-0.2, -0.15) is 4.39 Å². The van der Waals surface area contributed by atoms with Gasteiger partial charge in [0.05, 0.1) is 18.6 Å². The number of aliphatic hydroxyl groups excluding tert-OH is 1. The van der Waals surface area contributed by atoms with E-state index in [1.54, 1.807) is 14.2 Å². The van der Waals surface area contributed by atoms with Crippen molar-refractivity contribution in [3.63, 3.8) is 0 Å². The molecule has 2 aliphatic heterocycles. The van der Waals surface area contributed by atoms with Crippen molar-refractivity contribution in [2.45, 2.75) is 56.7 Å². The molecule has 11 heteroatoms. The van der Waals surface area contributed by atoms with Gasteiger partial charge in [0, 0.05) is 68.8 Å². The summed E-state index contributed by atoms with van der Waals surface area (Å²) >= 11 is 0. The number of aromatic nitrogens is 1. The molecule has 6 rings (SSSR count). The molecule has 9 nitrogen and oxygen atoms in total. The van der Waals surface area contributed by atoms with E-state index < -0.39 is 53.0 Å². The van der Waals surface area contributed by atoms with E-state index >= 15 is 0 Å². The van der Waals surface area contributed by atoms with Crippen LogP contribution >= 0.6 is 0 Å². The second kappa shape index (κ2) is 9.75. The number of methoxy groups -OCH3 is 2. The molecule has 11 atom stereocenters. The number of nitrogens with one attached hydrogen (secondary N) is 1. The zero-order chi connectivity index (χ0) is 28.6. The molecule has 0 bridgehead atoms. The number of hydrogen-bond acceptors (Lipinski definition) is 8. The molecule has 11 unspecified atom stereocenters. The Hall–Kier alpha value is -2.60. The maximum absolute atomic E-state index is 13.6. The number of aliphatic hydroxyl groups is 1. The van der Waals surface area contributed by atoms with E-state index in [4.69, 9.17) is 23.7 Å². The lowest BCUT2D eigenvalue weighted by molar-refractivity contribution is -0.429. The first-order chi connectivity index (χ1) is 19.1. The van der Waals surface area contributed by atoms with Gasteiger partial charge in [-0.15, -0.1) is 0 Å². The van der Waals surface area contributed by atoms with Crippen LogP contribution in [0.2, 0.25) is 0 Å². The molecule has 1 aromatic rings. The highest BCUT2D eigenvalue weighted by atomic mass is 19.2. The molecular formula is C29H35F2NO8. The standard InChI is InChI=1S/C29H35F2NO8/c1-13-9-14(2)29-16(15(12-37-4)26(34)38-20(13)6-8-36-3)5-7-28(29)23-22(29)19(33)11-21(24(23)40-28)39-27(35)18-10-17(30)25(31)32-18/h5,7,9-10,13,15-16,19-24,32-33H,6,8,11-12H2,1-4H3. The summed E-state index contributed by atoms with van der Waals surface area (Å²) in [4.78, 5) is 28.3. The maximum Gasteiger partial charge on any atom is 0.355 e. The van der Waals surface area contributed by atoms with Crippen LogP contribution in [0.1, 0.15) is 37.2 Å². The van der Waals surface area contributed by atoms with Gasteiger partial charge in [0.1, 0.15) is 29.6 Å². The van der Waals surface area contributed by atoms with Crippen LogP contribution in [0, 0.1) is 46.8 Å². The lowest BCUT2D eigenvalue weighted by Gasteiger charge is -2.79. The van der Waals surface area contributed by atoms with Crippen LogP contribution < -0.4 is 0 Å². The van der Waals surface area contributed by atoms with Gasteiger partial charge >= 0.3 is 11.9 Å². The van der Waals surface area contributed by atoms with Gasteiger partial charge in [0.25, 0.3) is 0 Å². The summed E-state index contributed by atoms with van der Waals surface area (Å²) in [6, 6.07) is 0.743. The van der Waals surface area contributed by atoms with Crippen molar-refractivity contribution in [2.75, 3.05) is 27.4 Å². The normalized spacial score (nSPS) is 43.0. The molecule has 3 fully saturated rings. The van der Waals surface area contributed by atoms with Crippen molar-refractivity contribution in [1.82, 2.24) is 4.98 Å². The Morgan fingerprint density at radius 1 is 1.25 bits per heavy atom. The fourth-order valence-electron chi connectivity index (χ4n) is 8.53. The molecular weight excluding hydrogens is 528 g/mol. The second-order valence-corrected chi connectivity index (χ2v) is 11.8. The number of carbonyl (C=O) groups is 2. The van der Waals surface area contributed by atoms with E-state index in [0.717, 1.165) is 11.6 Å². The number of esters is 2. The smallest absolute Gasteiger partial charge is 0.355 e. The van der Waals surface area contributed by atoms with Gasteiger partial charge in [-0.1, -0.05) is 30.7 Å². The van der Waals surface area contributed by atoms with Crippen LogP contribution in [-0.4, -0.2) is 79.5 Å². The first-order valence-electron chi connectivity index (χ1n) is 13.8. The number of ether oxygens (including phenoxy) is 5. The minimum atomic E-state index is -1.25. The number of rotatable bonds is 7. The second-order valence-electron chi connectivity index (χ2n) is 11.8. The molecule has 218 valence electrons. The van der Waals surface area contributed by atoms with Crippen LogP contribution in [0.3, 0.4) is 0 Å². The van der Waals surface area contributed by atoms with E-state index in [0.29, 0.717) is 13.0 Å². The Morgan fingerprint density at radius 2 is 2.02 bits per heavy atom. The third-order valence-electron chi connectivity index (χ3n) is 9.98. The molecule has 5 aliphatic rings. The molecule has 3 heterocycles. The number of halogens is 2. The SMILES string of the molecule is COCCC1OC(=O)C(COC)C2C=CC34OC5C(OC(=O)c6cc(F)c(F)[nH]6)CC(O)C(C53)C24C(C)=CC1C. The highest BCUT2D eigenvalue weighted by molar-refractivity contribution is 5.87. The third-order valence-corrected chi connectivity index (χ3v) is 9.98. The van der Waals surface area contributed by atoms with Crippen LogP contribution in [0.15, 0.2) is 29.9 Å². The maximum atomic E-state index is 13.6. The Bertz CT molecular complexity index is 1240. The van der Waals surface area contributed by atoms with Crippen LogP contribution in [-0.2, 0) is 28.5 Å². The van der Waals surface area contributed by atoms with Crippen molar-refractivity contribution in [3.05, 3.63) is 47.3 Å². The van der Waals surface area contributed by atoms with Crippen molar-refractivity contribution < 1.29 is 47.2 Å². The summed E-state index contributed by atoms with van der Waals surface area (Å²) < 4.78 is 55.9. The lowest BCUT2D eigenvalue weighted by atomic mass is 9.32. The number of H-pyrrole nitrogens is 1. The summed E-state index contributed by atoms with van der Waals surface area (Å²) in [7, 11) is 3.15. The van der Waals surface area contributed by atoms with Crippen LogP contribution in [0.25, 0.3) is 0 Å². The van der Waals surface area contributed by atoms with Crippen molar-refractivity contribution in [2.24, 2.45) is 35.0 Å². The van der Waals surface area contributed by atoms with Gasteiger partial charge in [0.2, 0.25) is 5.95 Å². The van der Waals surface area contributed by atoms with Crippen LogP contribution in [0.5, 0.6) is 0 Å². The number of cyclic esters (lactones) is 1. The summed E-state index contributed by atoms with van der Waals surface area (Å²) in [6.07, 6.45) is 4.18. The Balaban J connectivity index is 1.34. The zero-order valence-corrected chi connectivity index (χ0v) is 22.9. The predicted octanol–water partition coefficient (Wildman–Crippen LogP) is 2.95. The number of carbonyl (C=O) groups excluding carboxylic acids is 2. The fourth-order valence-corrected chi connectivity index (χ4v) is 8.53. The molecule has 0 amide bonds. The summed E-state index contributed by atoms with van der Waals surface area (Å²) in [6.45, 7) is 4.63. The van der Waals surface area contributed by atoms with E-state index in [-0.39, 0.29) is 54.5 Å². The summed E-state index contributed by atoms with van der Waals surface area (Å²) in [5.74, 6) is -5.22. The van der Waals surface area contributed by atoms with E-state index in [2.05, 4.69) is 6.08 Å².